The summed E-state index contributed by atoms with van der Waals surface area (Å²) >= 11 is 0. The van der Waals surface area contributed by atoms with E-state index in [1.54, 1.807) is 0 Å². The maximum absolute atomic E-state index is 3.14. The van der Waals surface area contributed by atoms with Crippen LogP contribution in [0.3, 0.4) is 0 Å². The Morgan fingerprint density at radius 3 is 3.00 bits per heavy atom. The van der Waals surface area contributed by atoms with E-state index in [2.05, 4.69) is 29.4 Å². The topological polar surface area (TPSA) is 15.3 Å². The van der Waals surface area contributed by atoms with Crippen molar-refractivity contribution in [1.82, 2.24) is 10.2 Å². The highest BCUT2D eigenvalue weighted by molar-refractivity contribution is 4.93. The van der Waals surface area contributed by atoms with Crippen LogP contribution in [0.15, 0.2) is 12.2 Å². The van der Waals surface area contributed by atoms with Crippen molar-refractivity contribution < 1.29 is 0 Å². The van der Waals surface area contributed by atoms with Crippen LogP contribution < -0.4 is 5.32 Å². The van der Waals surface area contributed by atoms with Gasteiger partial charge in [0.05, 0.1) is 0 Å². The zero-order chi connectivity index (χ0) is 8.81. The lowest BCUT2D eigenvalue weighted by Crippen LogP contribution is -2.13. The van der Waals surface area contributed by atoms with Crippen LogP contribution in [0.25, 0.3) is 0 Å². The van der Waals surface area contributed by atoms with Gasteiger partial charge in [0.1, 0.15) is 0 Å². The summed E-state index contributed by atoms with van der Waals surface area (Å²) in [7, 11) is 4.19. The average molecular weight is 168 g/mol. The Hall–Kier alpha value is -0.340. The van der Waals surface area contributed by atoms with Gasteiger partial charge in [-0.15, -0.1) is 0 Å². The fourth-order valence-corrected chi connectivity index (χ4v) is 1.64. The SMILES string of the molecule is CNCC/C=C\C1CCN(C)C1. The number of hydrogen-bond acceptors (Lipinski definition) is 2. The van der Waals surface area contributed by atoms with Crippen molar-refractivity contribution >= 4 is 0 Å². The van der Waals surface area contributed by atoms with Gasteiger partial charge in [-0.2, -0.15) is 0 Å². The first-order valence-corrected chi connectivity index (χ1v) is 4.82. The van der Waals surface area contributed by atoms with Crippen LogP contribution in [-0.2, 0) is 0 Å². The molecule has 1 rings (SSSR count). The molecular formula is C10H20N2. The lowest BCUT2D eigenvalue weighted by Gasteiger charge is -2.05. The lowest BCUT2D eigenvalue weighted by molar-refractivity contribution is 0.408. The predicted molar refractivity (Wildman–Crippen MR) is 53.3 cm³/mol. The molecule has 2 heteroatoms. The molecule has 1 heterocycles. The molecule has 1 aliphatic heterocycles. The summed E-state index contributed by atoms with van der Waals surface area (Å²) in [6, 6.07) is 0. The molecule has 0 aromatic carbocycles. The molecule has 0 aliphatic carbocycles. The Bertz CT molecular complexity index is 143. The second-order valence-electron chi connectivity index (χ2n) is 3.63. The van der Waals surface area contributed by atoms with E-state index in [0.717, 1.165) is 18.9 Å². The highest BCUT2D eigenvalue weighted by Gasteiger charge is 2.15. The maximum Gasteiger partial charge on any atom is 0.00418 e. The van der Waals surface area contributed by atoms with Crippen molar-refractivity contribution in [2.24, 2.45) is 5.92 Å². The molecule has 0 spiro atoms. The first-order chi connectivity index (χ1) is 5.83. The van der Waals surface area contributed by atoms with Crippen LogP contribution in [0, 0.1) is 5.92 Å². The smallest absolute Gasteiger partial charge is 0.00418 e. The third-order valence-corrected chi connectivity index (χ3v) is 2.40. The third kappa shape index (κ3) is 3.37. The minimum Gasteiger partial charge on any atom is -0.319 e. The van der Waals surface area contributed by atoms with Crippen LogP contribution in [0.1, 0.15) is 12.8 Å². The van der Waals surface area contributed by atoms with Gasteiger partial charge >= 0.3 is 0 Å². The Morgan fingerprint density at radius 2 is 2.42 bits per heavy atom. The average Bonchev–Trinajstić information content (AvgIpc) is 2.45. The van der Waals surface area contributed by atoms with Crippen molar-refractivity contribution in [3.63, 3.8) is 0 Å². The van der Waals surface area contributed by atoms with E-state index < -0.39 is 0 Å². The molecule has 0 radical (unpaired) electrons. The maximum atomic E-state index is 3.14. The summed E-state index contributed by atoms with van der Waals surface area (Å²) < 4.78 is 0. The molecule has 0 aromatic heterocycles. The number of nitrogens with one attached hydrogen (secondary N) is 1. The fourth-order valence-electron chi connectivity index (χ4n) is 1.64. The Balaban J connectivity index is 2.10. The molecule has 1 unspecified atom stereocenters. The van der Waals surface area contributed by atoms with E-state index in [9.17, 15) is 0 Å². The molecule has 0 amide bonds. The van der Waals surface area contributed by atoms with Gasteiger partial charge in [-0.25, -0.2) is 0 Å². The zero-order valence-electron chi connectivity index (χ0n) is 8.21. The fraction of sp³-hybridized carbons (Fsp3) is 0.800. The molecule has 1 aliphatic rings. The quantitative estimate of drug-likeness (QED) is 0.499. The van der Waals surface area contributed by atoms with Gasteiger partial charge in [0.25, 0.3) is 0 Å². The molecule has 70 valence electrons. The zero-order valence-corrected chi connectivity index (χ0v) is 8.21. The Kier molecular flexibility index (Phi) is 4.33. The van der Waals surface area contributed by atoms with Gasteiger partial charge in [-0.1, -0.05) is 12.2 Å². The molecule has 1 atom stereocenters. The molecule has 1 saturated heterocycles. The van der Waals surface area contributed by atoms with Crippen molar-refractivity contribution in [3.05, 3.63) is 12.2 Å². The van der Waals surface area contributed by atoms with Crippen molar-refractivity contribution in [2.75, 3.05) is 33.7 Å². The minimum atomic E-state index is 0.812. The lowest BCUT2D eigenvalue weighted by atomic mass is 10.1. The van der Waals surface area contributed by atoms with E-state index in [-0.39, 0.29) is 0 Å². The van der Waals surface area contributed by atoms with Crippen molar-refractivity contribution in [1.29, 1.82) is 0 Å². The highest BCUT2D eigenvalue weighted by atomic mass is 15.1. The number of likely N-dealkylation sites (tertiary alicyclic amines) is 1. The van der Waals surface area contributed by atoms with Crippen LogP contribution in [0.2, 0.25) is 0 Å². The highest BCUT2D eigenvalue weighted by Crippen LogP contribution is 2.15. The van der Waals surface area contributed by atoms with Gasteiger partial charge in [-0.3, -0.25) is 0 Å². The first-order valence-electron chi connectivity index (χ1n) is 4.82. The second kappa shape index (κ2) is 5.33. The Labute approximate surface area is 75.6 Å². The normalized spacial score (nSPS) is 25.7. The molecule has 2 nitrogen and oxygen atoms in total. The van der Waals surface area contributed by atoms with E-state index >= 15 is 0 Å². The summed E-state index contributed by atoms with van der Waals surface area (Å²) in [4.78, 5) is 2.40. The van der Waals surface area contributed by atoms with Crippen LogP contribution in [-0.4, -0.2) is 38.6 Å². The Morgan fingerprint density at radius 1 is 1.58 bits per heavy atom. The summed E-state index contributed by atoms with van der Waals surface area (Å²) in [6.45, 7) is 3.61. The van der Waals surface area contributed by atoms with Crippen LogP contribution >= 0.6 is 0 Å². The predicted octanol–water partition coefficient (Wildman–Crippen LogP) is 1.10. The van der Waals surface area contributed by atoms with Crippen molar-refractivity contribution in [3.8, 4) is 0 Å². The molecule has 1 fully saturated rings. The van der Waals surface area contributed by atoms with Gasteiger partial charge in [0, 0.05) is 6.54 Å². The van der Waals surface area contributed by atoms with Crippen LogP contribution in [0.4, 0.5) is 0 Å². The standard InChI is InChI=1S/C10H20N2/c1-11-7-4-3-5-10-6-8-12(2)9-10/h3,5,10-11H,4,6-9H2,1-2H3/b5-3-. The van der Waals surface area contributed by atoms with E-state index in [0.29, 0.717) is 0 Å². The van der Waals surface area contributed by atoms with E-state index in [4.69, 9.17) is 0 Å². The minimum absolute atomic E-state index is 0.812. The summed E-state index contributed by atoms with van der Waals surface area (Å²) in [5.41, 5.74) is 0. The van der Waals surface area contributed by atoms with E-state index in [1.807, 2.05) is 7.05 Å². The molecular weight excluding hydrogens is 148 g/mol. The number of rotatable bonds is 4. The number of hydrogen-bond donors (Lipinski definition) is 1. The first kappa shape index (κ1) is 9.75. The van der Waals surface area contributed by atoms with E-state index in [1.165, 1.54) is 19.5 Å². The molecule has 1 N–H and O–H groups in total. The summed E-state index contributed by atoms with van der Waals surface area (Å²) in [6.07, 6.45) is 7.18. The molecule has 0 aromatic rings. The number of nitrogens with zero attached hydrogens (tertiary/aromatic N) is 1. The monoisotopic (exact) mass is 168 g/mol. The van der Waals surface area contributed by atoms with Gasteiger partial charge < -0.3 is 10.2 Å². The molecule has 0 saturated carbocycles. The van der Waals surface area contributed by atoms with Crippen molar-refractivity contribution in [2.45, 2.75) is 12.8 Å². The van der Waals surface area contributed by atoms with Crippen LogP contribution in [0.5, 0.6) is 0 Å². The molecule has 12 heavy (non-hydrogen) atoms. The molecule has 0 bridgehead atoms. The third-order valence-electron chi connectivity index (χ3n) is 2.40. The summed E-state index contributed by atoms with van der Waals surface area (Å²) in [5.74, 6) is 0.812. The second-order valence-corrected chi connectivity index (χ2v) is 3.63. The van der Waals surface area contributed by atoms with Gasteiger partial charge in [-0.05, 0) is 45.9 Å². The van der Waals surface area contributed by atoms with Gasteiger partial charge in [0.15, 0.2) is 0 Å². The largest absolute Gasteiger partial charge is 0.319 e. The van der Waals surface area contributed by atoms with Gasteiger partial charge in [0.2, 0.25) is 0 Å². The summed E-state index contributed by atoms with van der Waals surface area (Å²) in [5, 5.41) is 3.14.